The minimum atomic E-state index is 0.858. The monoisotopic (exact) mass is 656 g/mol. The van der Waals surface area contributed by atoms with Crippen LogP contribution in [0.25, 0.3) is 66.1 Å². The number of furan rings is 1. The third kappa shape index (κ3) is 4.88. The van der Waals surface area contributed by atoms with Crippen LogP contribution in [0.15, 0.2) is 166 Å². The molecule has 0 aliphatic carbocycles. The van der Waals surface area contributed by atoms with E-state index in [9.17, 15) is 0 Å². The Hall–Kier alpha value is -5.45. The summed E-state index contributed by atoms with van der Waals surface area (Å²) in [6.45, 7) is 6.47. The number of rotatable bonds is 5. The van der Waals surface area contributed by atoms with Gasteiger partial charge in [0.1, 0.15) is 17.0 Å². The van der Waals surface area contributed by atoms with E-state index < -0.39 is 0 Å². The predicted molar refractivity (Wildman–Crippen MR) is 198 cm³/mol. The fourth-order valence-corrected chi connectivity index (χ4v) is 6.94. The summed E-state index contributed by atoms with van der Waals surface area (Å²) in [6.07, 6.45) is 2.08. The van der Waals surface area contributed by atoms with Gasteiger partial charge in [0.2, 0.25) is 0 Å². The van der Waals surface area contributed by atoms with Crippen molar-refractivity contribution in [1.82, 2.24) is 4.57 Å². The molecule has 0 saturated carbocycles. The predicted octanol–water partition coefficient (Wildman–Crippen LogP) is 12.1. The number of para-hydroxylation sites is 1. The Morgan fingerprint density at radius 3 is 2.13 bits per heavy atom. The number of halogens is 1. The Morgan fingerprint density at radius 1 is 0.652 bits per heavy atom. The van der Waals surface area contributed by atoms with E-state index in [4.69, 9.17) is 9.41 Å². The van der Waals surface area contributed by atoms with Crippen LogP contribution in [-0.2, 0) is 0 Å². The summed E-state index contributed by atoms with van der Waals surface area (Å²) in [6, 6.07) is 48.3. The molecule has 220 valence electrons. The number of hydrogen-bond acceptors (Lipinski definition) is 2. The second-order valence-electron chi connectivity index (χ2n) is 11.5. The molecule has 0 N–H and O–H groups in total. The Labute approximate surface area is 275 Å². The van der Waals surface area contributed by atoms with Crippen LogP contribution >= 0.6 is 15.9 Å². The molecule has 0 spiro atoms. The summed E-state index contributed by atoms with van der Waals surface area (Å²) in [7, 11) is 0. The highest BCUT2D eigenvalue weighted by molar-refractivity contribution is 9.10. The van der Waals surface area contributed by atoms with E-state index in [1.807, 2.05) is 48.5 Å². The largest absolute Gasteiger partial charge is 0.456 e. The second kappa shape index (κ2) is 11.5. The zero-order chi connectivity index (χ0) is 31.2. The van der Waals surface area contributed by atoms with Gasteiger partial charge in [-0.1, -0.05) is 126 Å². The van der Waals surface area contributed by atoms with Gasteiger partial charge >= 0.3 is 0 Å². The van der Waals surface area contributed by atoms with Gasteiger partial charge in [-0.05, 0) is 71.7 Å². The van der Waals surface area contributed by atoms with Crippen molar-refractivity contribution in [2.75, 3.05) is 0 Å². The van der Waals surface area contributed by atoms with Gasteiger partial charge in [-0.3, -0.25) is 4.57 Å². The maximum Gasteiger partial charge on any atom is 0.136 e. The van der Waals surface area contributed by atoms with Gasteiger partial charge in [0, 0.05) is 31.6 Å². The first-order valence-corrected chi connectivity index (χ1v) is 16.1. The van der Waals surface area contributed by atoms with E-state index >= 15 is 0 Å². The summed E-state index contributed by atoms with van der Waals surface area (Å²) in [5.74, 6) is 0.875. The summed E-state index contributed by atoms with van der Waals surface area (Å²) >= 11 is 3.73. The Kier molecular flexibility index (Phi) is 7.00. The standard InChI is InChI=1S/C42H29BrN2O/c1-27(29-12-5-3-6-13-29)24-37(30-14-7-4-8-15-30)44-28(2)45-38-18-10-9-16-33(38)34-22-20-32(26-39(34)45)31-21-23-40-35(25-31)42-36(43)17-11-19-41(42)46-40/h3-26H,1H2,2H3/b37-24-,44-28?. The first-order chi connectivity index (χ1) is 22.5. The molecule has 0 atom stereocenters. The number of fused-ring (bicyclic) bond motifs is 6. The van der Waals surface area contributed by atoms with E-state index in [1.165, 1.54) is 10.8 Å². The molecular formula is C42H29BrN2O. The average molecular weight is 658 g/mol. The van der Waals surface area contributed by atoms with Crippen LogP contribution in [0.3, 0.4) is 0 Å². The van der Waals surface area contributed by atoms with E-state index in [0.29, 0.717) is 0 Å². The molecule has 8 rings (SSSR count). The van der Waals surface area contributed by atoms with Gasteiger partial charge in [-0.25, -0.2) is 4.99 Å². The molecule has 2 heterocycles. The van der Waals surface area contributed by atoms with Crippen LogP contribution in [0.5, 0.6) is 0 Å². The second-order valence-corrected chi connectivity index (χ2v) is 12.3. The van der Waals surface area contributed by atoms with Crippen molar-refractivity contribution in [3.05, 3.63) is 168 Å². The first kappa shape index (κ1) is 28.1. The van der Waals surface area contributed by atoms with Crippen molar-refractivity contribution in [1.29, 1.82) is 0 Å². The van der Waals surface area contributed by atoms with E-state index in [2.05, 4.69) is 131 Å². The van der Waals surface area contributed by atoms with E-state index in [-0.39, 0.29) is 0 Å². The van der Waals surface area contributed by atoms with Crippen molar-refractivity contribution < 1.29 is 4.42 Å². The minimum Gasteiger partial charge on any atom is -0.456 e. The molecule has 8 aromatic rings. The third-order valence-electron chi connectivity index (χ3n) is 8.58. The Morgan fingerprint density at radius 2 is 1.33 bits per heavy atom. The van der Waals surface area contributed by atoms with Gasteiger partial charge in [0.05, 0.1) is 16.7 Å². The highest BCUT2D eigenvalue weighted by Crippen LogP contribution is 2.38. The maximum absolute atomic E-state index is 6.15. The number of hydrogen-bond donors (Lipinski definition) is 0. The van der Waals surface area contributed by atoms with Gasteiger partial charge < -0.3 is 4.42 Å². The number of benzene rings is 6. The summed E-state index contributed by atoms with van der Waals surface area (Å²) in [4.78, 5) is 5.30. The van der Waals surface area contributed by atoms with Gasteiger partial charge in [-0.15, -0.1) is 0 Å². The third-order valence-corrected chi connectivity index (χ3v) is 9.24. The molecule has 0 fully saturated rings. The normalized spacial score (nSPS) is 12.5. The van der Waals surface area contributed by atoms with Gasteiger partial charge in [-0.2, -0.15) is 0 Å². The molecule has 0 radical (unpaired) electrons. The molecule has 3 nitrogen and oxygen atoms in total. The highest BCUT2D eigenvalue weighted by atomic mass is 79.9. The van der Waals surface area contributed by atoms with Crippen molar-refractivity contribution in [3.8, 4) is 11.1 Å². The van der Waals surface area contributed by atoms with Crippen molar-refractivity contribution in [2.24, 2.45) is 4.99 Å². The number of aromatic nitrogens is 1. The average Bonchev–Trinajstić information content (AvgIpc) is 3.64. The molecule has 0 aliphatic rings. The van der Waals surface area contributed by atoms with Crippen molar-refractivity contribution in [3.63, 3.8) is 0 Å². The lowest BCUT2D eigenvalue weighted by molar-refractivity contribution is 0.669. The topological polar surface area (TPSA) is 30.4 Å². The fourth-order valence-electron chi connectivity index (χ4n) is 6.38. The summed E-state index contributed by atoms with van der Waals surface area (Å²) < 4.78 is 9.46. The van der Waals surface area contributed by atoms with Crippen molar-refractivity contribution in [2.45, 2.75) is 6.92 Å². The summed E-state index contributed by atoms with van der Waals surface area (Å²) in [5.41, 5.74) is 10.1. The smallest absolute Gasteiger partial charge is 0.136 e. The lowest BCUT2D eigenvalue weighted by Gasteiger charge is -2.11. The molecular weight excluding hydrogens is 628 g/mol. The quantitative estimate of drug-likeness (QED) is 0.103. The Bertz CT molecular complexity index is 2500. The van der Waals surface area contributed by atoms with Gasteiger partial charge in [0.25, 0.3) is 0 Å². The van der Waals surface area contributed by atoms with Crippen LogP contribution < -0.4 is 0 Å². The van der Waals surface area contributed by atoms with Gasteiger partial charge in [0.15, 0.2) is 0 Å². The molecule has 46 heavy (non-hydrogen) atoms. The number of aliphatic imine (C=N–C) groups is 1. The lowest BCUT2D eigenvalue weighted by Crippen LogP contribution is -2.07. The Balaban J connectivity index is 1.31. The molecule has 0 unspecified atom stereocenters. The highest BCUT2D eigenvalue weighted by Gasteiger charge is 2.16. The van der Waals surface area contributed by atoms with Crippen LogP contribution in [-0.4, -0.2) is 10.4 Å². The fraction of sp³-hybridized carbons (Fsp3) is 0.0238. The maximum atomic E-state index is 6.15. The molecule has 0 amide bonds. The molecule has 0 aliphatic heterocycles. The van der Waals surface area contributed by atoms with Crippen molar-refractivity contribution >= 4 is 76.8 Å². The van der Waals surface area contributed by atoms with Crippen LogP contribution in [0.1, 0.15) is 18.1 Å². The molecule has 6 aromatic carbocycles. The molecule has 2 aromatic heterocycles. The van der Waals surface area contributed by atoms with Crippen LogP contribution in [0.2, 0.25) is 0 Å². The van der Waals surface area contributed by atoms with Crippen LogP contribution in [0.4, 0.5) is 0 Å². The molecule has 0 saturated heterocycles. The lowest BCUT2D eigenvalue weighted by atomic mass is 10.0. The zero-order valence-electron chi connectivity index (χ0n) is 25.2. The number of nitrogens with zero attached hydrogens (tertiary/aromatic N) is 2. The minimum absolute atomic E-state index is 0.858. The molecule has 4 heteroatoms. The first-order valence-electron chi connectivity index (χ1n) is 15.3. The summed E-state index contributed by atoms with van der Waals surface area (Å²) in [5, 5.41) is 4.56. The van der Waals surface area contributed by atoms with E-state index in [1.54, 1.807) is 0 Å². The zero-order valence-corrected chi connectivity index (χ0v) is 26.8. The van der Waals surface area contributed by atoms with E-state index in [0.717, 1.165) is 76.8 Å². The number of allylic oxidation sites excluding steroid dienone is 2. The SMILES string of the molecule is C=C(/C=C(\N=C(C)n1c2ccccc2c2ccc(-c3ccc4oc5cccc(Br)c5c4c3)cc21)c1ccccc1)c1ccccc1. The molecule has 0 bridgehead atoms. The van der Waals surface area contributed by atoms with Crippen LogP contribution in [0, 0.1) is 0 Å².